The molecule has 2 nitrogen and oxygen atoms in total. The molecule has 0 heterocycles. The minimum Gasteiger partial charge on any atom is -0.486 e. The Kier molecular flexibility index (Phi) is 2.96. The van der Waals surface area contributed by atoms with Gasteiger partial charge < -0.3 is 10.5 Å². The third kappa shape index (κ3) is 2.25. The van der Waals surface area contributed by atoms with E-state index in [9.17, 15) is 4.39 Å². The Bertz CT molecular complexity index is 139. The predicted molar refractivity (Wildman–Crippen MR) is 38.2 cm³/mol. The first kappa shape index (κ1) is 7.87. The van der Waals surface area contributed by atoms with E-state index < -0.39 is 6.01 Å². The second-order valence-electron chi connectivity index (χ2n) is 1.23. The zero-order valence-corrected chi connectivity index (χ0v) is 6.36. The van der Waals surface area contributed by atoms with Crippen LogP contribution < -0.4 is 0 Å². The number of aliphatic hydroxyl groups excluding tert-OH is 1. The van der Waals surface area contributed by atoms with E-state index in [2.05, 4.69) is 0 Å². The van der Waals surface area contributed by atoms with Crippen molar-refractivity contribution in [3.8, 4) is 0 Å². The molecule has 0 saturated carbocycles. The summed E-state index contributed by atoms with van der Waals surface area (Å²) in [5.41, 5.74) is 0.0330. The van der Waals surface area contributed by atoms with Crippen LogP contribution in [0.15, 0.2) is 9.59 Å². The molecule has 2 N–H and O–H groups in total. The minimum absolute atomic E-state index is 0.0330. The van der Waals surface area contributed by atoms with Crippen LogP contribution >= 0.6 is 22.6 Å². The van der Waals surface area contributed by atoms with Crippen LogP contribution in [0, 0.1) is 5.41 Å². The highest BCUT2D eigenvalue weighted by atomic mass is 127. The molecule has 46 valence electrons. The first-order chi connectivity index (χ1) is 3.55. The van der Waals surface area contributed by atoms with Gasteiger partial charge in [-0.15, -0.1) is 0 Å². The summed E-state index contributed by atoms with van der Waals surface area (Å²) in [4.78, 5) is 0. The molecule has 0 aliphatic heterocycles. The second kappa shape index (κ2) is 3.01. The monoisotopic (exact) mass is 229 g/mol. The van der Waals surface area contributed by atoms with Crippen molar-refractivity contribution in [3.05, 3.63) is 9.59 Å². The summed E-state index contributed by atoms with van der Waals surface area (Å²) in [5, 5.41) is 14.8. The summed E-state index contributed by atoms with van der Waals surface area (Å²) in [6, 6.07) is -1.28. The maximum Gasteiger partial charge on any atom is 0.285 e. The van der Waals surface area contributed by atoms with Crippen molar-refractivity contribution < 1.29 is 9.50 Å². The molecule has 0 spiro atoms. The molecule has 0 aromatic rings. The maximum absolute atomic E-state index is 11.6. The van der Waals surface area contributed by atoms with Crippen LogP contribution in [0.2, 0.25) is 0 Å². The zero-order chi connectivity index (χ0) is 6.73. The summed E-state index contributed by atoms with van der Waals surface area (Å²) in [6.45, 7) is 1.40. The van der Waals surface area contributed by atoms with E-state index in [4.69, 9.17) is 10.5 Å². The van der Waals surface area contributed by atoms with Crippen molar-refractivity contribution in [2.45, 2.75) is 6.92 Å². The van der Waals surface area contributed by atoms with Crippen LogP contribution in [-0.2, 0) is 0 Å². The van der Waals surface area contributed by atoms with Crippen LogP contribution in [0.4, 0.5) is 4.39 Å². The third-order valence-electron chi connectivity index (χ3n) is 0.510. The van der Waals surface area contributed by atoms with E-state index >= 15 is 0 Å². The van der Waals surface area contributed by atoms with Crippen molar-refractivity contribution in [2.75, 3.05) is 0 Å². The Morgan fingerprint density at radius 3 is 2.12 bits per heavy atom. The number of allylic oxidation sites excluding steroid dienone is 1. The second-order valence-corrected chi connectivity index (χ2v) is 2.31. The van der Waals surface area contributed by atoms with Crippen molar-refractivity contribution in [1.29, 1.82) is 5.41 Å². The van der Waals surface area contributed by atoms with Crippen LogP contribution in [0.25, 0.3) is 0 Å². The van der Waals surface area contributed by atoms with Crippen molar-refractivity contribution in [3.63, 3.8) is 0 Å². The van der Waals surface area contributed by atoms with Gasteiger partial charge in [-0.25, -0.2) is 0 Å². The highest BCUT2D eigenvalue weighted by Gasteiger charge is 2.00. The Morgan fingerprint density at radius 2 is 2.12 bits per heavy atom. The molecule has 0 aromatic heterocycles. The number of nitrogens with one attached hydrogen (secondary N) is 1. The summed E-state index contributed by atoms with van der Waals surface area (Å²) < 4.78 is 11.6. The molecule has 0 aliphatic rings. The van der Waals surface area contributed by atoms with Crippen LogP contribution in [-0.4, -0.2) is 10.8 Å². The largest absolute Gasteiger partial charge is 0.486 e. The van der Waals surface area contributed by atoms with E-state index in [-0.39, 0.29) is 9.29 Å². The van der Waals surface area contributed by atoms with Gasteiger partial charge in [0.25, 0.3) is 6.01 Å². The lowest BCUT2D eigenvalue weighted by molar-refractivity contribution is 0.283. The molecule has 8 heavy (non-hydrogen) atoms. The van der Waals surface area contributed by atoms with Gasteiger partial charge in [0.05, 0.1) is 0 Å². The van der Waals surface area contributed by atoms with E-state index in [1.165, 1.54) is 6.92 Å². The van der Waals surface area contributed by atoms with E-state index in [1.54, 1.807) is 22.6 Å². The average Bonchev–Trinajstić information content (AvgIpc) is 1.64. The van der Waals surface area contributed by atoms with Gasteiger partial charge in [0.2, 0.25) is 0 Å². The van der Waals surface area contributed by atoms with Crippen LogP contribution in [0.5, 0.6) is 0 Å². The van der Waals surface area contributed by atoms with E-state index in [0.29, 0.717) is 0 Å². The average molecular weight is 229 g/mol. The summed E-state index contributed by atoms with van der Waals surface area (Å²) in [6.07, 6.45) is 0. The van der Waals surface area contributed by atoms with Crippen molar-refractivity contribution >= 4 is 28.3 Å². The first-order valence-electron chi connectivity index (χ1n) is 1.85. The Morgan fingerprint density at radius 1 is 1.75 bits per heavy atom. The molecule has 0 atom stereocenters. The molecule has 0 radical (unpaired) electrons. The Balaban J connectivity index is 4.23. The Labute approximate surface area is 60.1 Å². The summed E-state index contributed by atoms with van der Waals surface area (Å²) in [5.74, 6) is 0. The predicted octanol–water partition coefficient (Wildman–Crippen LogP) is 2.16. The molecular weight excluding hydrogens is 224 g/mol. The van der Waals surface area contributed by atoms with Gasteiger partial charge >= 0.3 is 0 Å². The normalized spacial score (nSPS) is 12.9. The number of hydrogen-bond acceptors (Lipinski definition) is 2. The highest BCUT2D eigenvalue weighted by molar-refractivity contribution is 14.1. The molecule has 0 bridgehead atoms. The zero-order valence-electron chi connectivity index (χ0n) is 4.20. The standard InChI is InChI=1S/C4H5FINO/c1-2(7)3(6)4(5)8/h7-8H,1H3/b4-3+,7-2?. The molecule has 0 aliphatic carbocycles. The lowest BCUT2D eigenvalue weighted by Crippen LogP contribution is -1.88. The SMILES string of the molecule is CC(=N)/C(I)=C(\O)F. The molecule has 4 heteroatoms. The van der Waals surface area contributed by atoms with Crippen LogP contribution in [0.3, 0.4) is 0 Å². The lowest BCUT2D eigenvalue weighted by atomic mass is 10.4. The summed E-state index contributed by atoms with van der Waals surface area (Å²) in [7, 11) is 0. The van der Waals surface area contributed by atoms with Gasteiger partial charge in [-0.3, -0.25) is 0 Å². The third-order valence-corrected chi connectivity index (χ3v) is 1.76. The number of hydrogen-bond donors (Lipinski definition) is 2. The van der Waals surface area contributed by atoms with Gasteiger partial charge in [0.15, 0.2) is 0 Å². The number of rotatable bonds is 1. The van der Waals surface area contributed by atoms with Crippen molar-refractivity contribution in [1.82, 2.24) is 0 Å². The molecule has 0 unspecified atom stereocenters. The van der Waals surface area contributed by atoms with Crippen molar-refractivity contribution in [2.24, 2.45) is 0 Å². The quantitative estimate of drug-likeness (QED) is 0.403. The van der Waals surface area contributed by atoms with Crippen LogP contribution in [0.1, 0.15) is 6.92 Å². The molecule has 0 rings (SSSR count). The first-order valence-corrected chi connectivity index (χ1v) is 2.93. The molecular formula is C4H5FINO. The fraction of sp³-hybridized carbons (Fsp3) is 0.250. The van der Waals surface area contributed by atoms with Gasteiger partial charge in [-0.1, -0.05) is 0 Å². The maximum atomic E-state index is 11.6. The fourth-order valence-corrected chi connectivity index (χ4v) is 0.155. The smallest absolute Gasteiger partial charge is 0.285 e. The number of halogens is 2. The van der Waals surface area contributed by atoms with Gasteiger partial charge in [0, 0.05) is 5.71 Å². The van der Waals surface area contributed by atoms with E-state index in [0.717, 1.165) is 0 Å². The minimum atomic E-state index is -1.28. The molecule has 0 fully saturated rings. The van der Waals surface area contributed by atoms with Gasteiger partial charge in [-0.2, -0.15) is 4.39 Å². The molecule has 0 saturated heterocycles. The molecule has 0 aromatic carbocycles. The highest BCUT2D eigenvalue weighted by Crippen LogP contribution is 2.11. The number of aliphatic hydroxyl groups is 1. The Hall–Kier alpha value is -0.130. The van der Waals surface area contributed by atoms with Gasteiger partial charge in [-0.05, 0) is 29.5 Å². The van der Waals surface area contributed by atoms with Gasteiger partial charge in [0.1, 0.15) is 3.58 Å². The van der Waals surface area contributed by atoms with E-state index in [1.807, 2.05) is 0 Å². The topological polar surface area (TPSA) is 44.1 Å². The summed E-state index contributed by atoms with van der Waals surface area (Å²) >= 11 is 1.55. The molecule has 0 amide bonds. The fourth-order valence-electron chi connectivity index (χ4n) is 0.155. The lowest BCUT2D eigenvalue weighted by Gasteiger charge is -1.90.